The highest BCUT2D eigenvalue weighted by Crippen LogP contribution is 2.38. The Labute approximate surface area is 190 Å². The molecular weight excluding hydrogens is 462 g/mol. The topological polar surface area (TPSA) is 122 Å². The van der Waals surface area contributed by atoms with Crippen molar-refractivity contribution in [1.29, 1.82) is 0 Å². The molecule has 0 bridgehead atoms. The number of aliphatic hydroxyl groups excluding tert-OH is 1. The van der Waals surface area contributed by atoms with Crippen LogP contribution in [0.25, 0.3) is 0 Å². The quantitative estimate of drug-likeness (QED) is 0.248. The minimum atomic E-state index is -4.80. The summed E-state index contributed by atoms with van der Waals surface area (Å²) in [6.45, 7) is -1.17. The van der Waals surface area contributed by atoms with Gasteiger partial charge >= 0.3 is 14.0 Å². The number of phosphoric ester groups is 1. The number of benzene rings is 2. The first-order valence-corrected chi connectivity index (χ1v) is 11.9. The number of aryl methyl sites for hydroxylation is 2. The highest BCUT2D eigenvalue weighted by Gasteiger charge is 2.35. The van der Waals surface area contributed by atoms with E-state index in [9.17, 15) is 22.8 Å². The van der Waals surface area contributed by atoms with Gasteiger partial charge in [-0.2, -0.15) is 13.2 Å². The van der Waals surface area contributed by atoms with Crippen LogP contribution in [0.1, 0.15) is 36.0 Å². The normalized spacial score (nSPS) is 14.2. The number of ether oxygens (including phenoxy) is 1. The van der Waals surface area contributed by atoms with Crippen LogP contribution in [-0.2, 0) is 28.1 Å². The van der Waals surface area contributed by atoms with Gasteiger partial charge in [-0.1, -0.05) is 36.4 Å². The molecule has 0 heterocycles. The van der Waals surface area contributed by atoms with Gasteiger partial charge in [0.05, 0.1) is 30.9 Å². The summed E-state index contributed by atoms with van der Waals surface area (Å²) in [5, 5.41) is 9.44. The summed E-state index contributed by atoms with van der Waals surface area (Å²) in [5.41, 5.74) is 4.89. The molecule has 0 aromatic heterocycles. The van der Waals surface area contributed by atoms with E-state index in [0.717, 1.165) is 24.5 Å². The van der Waals surface area contributed by atoms with Gasteiger partial charge in [-0.25, -0.2) is 4.57 Å². The first-order valence-electron chi connectivity index (χ1n) is 10.4. The minimum absolute atomic E-state index is 0.0298. The smallest absolute Gasteiger partial charge is 0.469 e. The van der Waals surface area contributed by atoms with Gasteiger partial charge in [0, 0.05) is 0 Å². The highest BCUT2D eigenvalue weighted by molar-refractivity contribution is 7.46. The number of aliphatic hydroxyl groups is 1. The van der Waals surface area contributed by atoms with E-state index in [2.05, 4.69) is 4.52 Å². The number of halogens is 3. The number of hydrogen-bond donors (Lipinski definition) is 4. The Morgan fingerprint density at radius 1 is 0.970 bits per heavy atom. The summed E-state index contributed by atoms with van der Waals surface area (Å²) in [7, 11) is -4.80. The molecule has 7 nitrogen and oxygen atoms in total. The standard InChI is InChI=1S/C22H29F3NO6P/c23-22(24,25)19-14-18(11-12-21(26,15-27)16-32-33(28,29)30)9-10-20(19)31-13-5-4-8-17-6-2-1-3-7-17/h1-3,6-7,9-10,14,27H,4-5,8,11-13,15-16,26H2,(H2,28,29,30). The Kier molecular flexibility index (Phi) is 9.90. The third-order valence-electron chi connectivity index (χ3n) is 5.06. The van der Waals surface area contributed by atoms with Crippen molar-refractivity contribution in [3.8, 4) is 5.75 Å². The second-order valence-electron chi connectivity index (χ2n) is 7.90. The summed E-state index contributed by atoms with van der Waals surface area (Å²) < 4.78 is 61.3. The molecule has 0 amide bonds. The summed E-state index contributed by atoms with van der Waals surface area (Å²) in [6.07, 6.45) is -2.47. The zero-order valence-electron chi connectivity index (χ0n) is 18.0. The molecule has 33 heavy (non-hydrogen) atoms. The van der Waals surface area contributed by atoms with Gasteiger partial charge in [0.1, 0.15) is 5.75 Å². The second-order valence-corrected chi connectivity index (χ2v) is 9.14. The maximum absolute atomic E-state index is 13.6. The lowest BCUT2D eigenvalue weighted by Gasteiger charge is -2.27. The number of unbranched alkanes of at least 4 members (excludes halogenated alkanes) is 1. The lowest BCUT2D eigenvalue weighted by molar-refractivity contribution is -0.139. The molecule has 1 atom stereocenters. The van der Waals surface area contributed by atoms with E-state index in [4.69, 9.17) is 20.3 Å². The van der Waals surface area contributed by atoms with E-state index in [1.54, 1.807) is 0 Å². The second kappa shape index (κ2) is 12.0. The SMILES string of the molecule is NC(CO)(CCc1ccc(OCCCCc2ccccc2)c(C(F)(F)F)c1)COP(=O)(O)O. The molecule has 2 aromatic carbocycles. The van der Waals surface area contributed by atoms with Crippen LogP contribution in [0.4, 0.5) is 13.2 Å². The number of alkyl halides is 3. The summed E-state index contributed by atoms with van der Waals surface area (Å²) >= 11 is 0. The molecule has 5 N–H and O–H groups in total. The molecule has 11 heteroatoms. The van der Waals surface area contributed by atoms with Gasteiger partial charge < -0.3 is 25.4 Å². The average molecular weight is 491 g/mol. The van der Waals surface area contributed by atoms with Crippen LogP contribution in [0.5, 0.6) is 5.75 Å². The molecule has 2 aromatic rings. The Balaban J connectivity index is 1.96. The van der Waals surface area contributed by atoms with Crippen molar-refractivity contribution in [2.45, 2.75) is 43.8 Å². The number of rotatable bonds is 13. The van der Waals surface area contributed by atoms with Crippen molar-refractivity contribution in [1.82, 2.24) is 0 Å². The van der Waals surface area contributed by atoms with Crippen molar-refractivity contribution in [2.75, 3.05) is 19.8 Å². The zero-order valence-corrected chi connectivity index (χ0v) is 18.9. The van der Waals surface area contributed by atoms with Crippen LogP contribution in [0.2, 0.25) is 0 Å². The molecule has 0 aliphatic heterocycles. The monoisotopic (exact) mass is 491 g/mol. The van der Waals surface area contributed by atoms with E-state index >= 15 is 0 Å². The lowest BCUT2D eigenvalue weighted by atomic mass is 9.93. The van der Waals surface area contributed by atoms with Crippen molar-refractivity contribution in [3.63, 3.8) is 0 Å². The van der Waals surface area contributed by atoms with Crippen LogP contribution in [0, 0.1) is 0 Å². The van der Waals surface area contributed by atoms with Crippen LogP contribution >= 0.6 is 7.82 Å². The fourth-order valence-corrected chi connectivity index (χ4v) is 3.57. The molecule has 0 saturated carbocycles. The van der Waals surface area contributed by atoms with Gasteiger partial charge in [0.15, 0.2) is 0 Å². The molecule has 0 spiro atoms. The van der Waals surface area contributed by atoms with Gasteiger partial charge in [-0.05, 0) is 55.4 Å². The van der Waals surface area contributed by atoms with Crippen LogP contribution in [0.15, 0.2) is 48.5 Å². The summed E-state index contributed by atoms with van der Waals surface area (Å²) in [6, 6.07) is 13.4. The molecule has 2 rings (SSSR count). The van der Waals surface area contributed by atoms with E-state index in [-0.39, 0.29) is 25.2 Å². The summed E-state index contributed by atoms with van der Waals surface area (Å²) in [4.78, 5) is 17.6. The van der Waals surface area contributed by atoms with Crippen LogP contribution < -0.4 is 10.5 Å². The van der Waals surface area contributed by atoms with Crippen molar-refractivity contribution < 1.29 is 41.9 Å². The van der Waals surface area contributed by atoms with Gasteiger partial charge in [0.25, 0.3) is 0 Å². The third-order valence-corrected chi connectivity index (χ3v) is 5.52. The molecule has 0 saturated heterocycles. The molecule has 0 radical (unpaired) electrons. The van der Waals surface area contributed by atoms with Crippen molar-refractivity contribution in [3.05, 3.63) is 65.2 Å². The molecular formula is C22H29F3NO6P. The van der Waals surface area contributed by atoms with E-state index in [1.807, 2.05) is 30.3 Å². The predicted molar refractivity (Wildman–Crippen MR) is 117 cm³/mol. The number of nitrogens with two attached hydrogens (primary N) is 1. The Hall–Kier alpha value is -1.94. The Morgan fingerprint density at radius 2 is 1.67 bits per heavy atom. The van der Waals surface area contributed by atoms with Gasteiger partial charge in [-0.3, -0.25) is 4.52 Å². The zero-order chi connectivity index (χ0) is 24.5. The first kappa shape index (κ1) is 27.3. The van der Waals surface area contributed by atoms with Crippen molar-refractivity contribution >= 4 is 7.82 Å². The molecule has 184 valence electrons. The van der Waals surface area contributed by atoms with Gasteiger partial charge in [0.2, 0.25) is 0 Å². The fourth-order valence-electron chi connectivity index (χ4n) is 3.14. The maximum Gasteiger partial charge on any atom is 0.469 e. The minimum Gasteiger partial charge on any atom is -0.493 e. The first-order chi connectivity index (χ1) is 15.4. The van der Waals surface area contributed by atoms with Crippen LogP contribution in [0.3, 0.4) is 0 Å². The molecule has 0 fully saturated rings. The van der Waals surface area contributed by atoms with Crippen LogP contribution in [-0.4, -0.2) is 40.3 Å². The number of phosphoric acid groups is 1. The van der Waals surface area contributed by atoms with Gasteiger partial charge in [-0.15, -0.1) is 0 Å². The molecule has 0 aliphatic rings. The Bertz CT molecular complexity index is 922. The predicted octanol–water partition coefficient (Wildman–Crippen LogP) is 3.84. The average Bonchev–Trinajstić information content (AvgIpc) is 2.76. The maximum atomic E-state index is 13.6. The van der Waals surface area contributed by atoms with E-state index < -0.39 is 38.3 Å². The van der Waals surface area contributed by atoms with Crippen molar-refractivity contribution in [2.24, 2.45) is 5.73 Å². The molecule has 0 aliphatic carbocycles. The van der Waals surface area contributed by atoms with E-state index in [0.29, 0.717) is 12.0 Å². The number of hydrogen-bond acceptors (Lipinski definition) is 5. The third kappa shape index (κ3) is 9.83. The molecule has 1 unspecified atom stereocenters. The highest BCUT2D eigenvalue weighted by atomic mass is 31.2. The van der Waals surface area contributed by atoms with E-state index in [1.165, 1.54) is 12.1 Å². The fraction of sp³-hybridized carbons (Fsp3) is 0.455. The largest absolute Gasteiger partial charge is 0.493 e. The lowest BCUT2D eigenvalue weighted by Crippen LogP contribution is -2.48. The Morgan fingerprint density at radius 3 is 2.27 bits per heavy atom. The summed E-state index contributed by atoms with van der Waals surface area (Å²) in [5.74, 6) is -0.267.